The van der Waals surface area contributed by atoms with E-state index in [1.54, 1.807) is 11.6 Å². The van der Waals surface area contributed by atoms with Crippen LogP contribution >= 0.6 is 11.3 Å². The smallest absolute Gasteiger partial charge is 0.319 e. The van der Waals surface area contributed by atoms with Crippen LogP contribution in [0.15, 0.2) is 18.5 Å². The number of hydrogen-bond donors (Lipinski definition) is 3. The number of aromatic amines is 1. The molecule has 0 radical (unpaired) electrons. The van der Waals surface area contributed by atoms with E-state index in [0.717, 1.165) is 23.6 Å². The van der Waals surface area contributed by atoms with Crippen LogP contribution in [0.3, 0.4) is 0 Å². The molecular formula is C19H16F2N8O4S. The molecule has 0 unspecified atom stereocenters. The van der Waals surface area contributed by atoms with Crippen LogP contribution in [0.4, 0.5) is 20.2 Å². The van der Waals surface area contributed by atoms with Gasteiger partial charge in [0.25, 0.3) is 18.2 Å². The molecule has 0 spiro atoms. The minimum atomic E-state index is -2.91. The lowest BCUT2D eigenvalue weighted by Crippen LogP contribution is -2.18. The number of carbonyl (C=O) groups is 2. The maximum atomic E-state index is 13.6. The summed E-state index contributed by atoms with van der Waals surface area (Å²) in [6.45, 7) is 4.12. The third-order valence-corrected chi connectivity index (χ3v) is 6.20. The van der Waals surface area contributed by atoms with Crippen molar-refractivity contribution in [2.24, 2.45) is 5.73 Å². The molecule has 12 nitrogen and oxygen atoms in total. The zero-order valence-electron chi connectivity index (χ0n) is 17.6. The number of thiophene rings is 1. The Hall–Kier alpha value is -4.27. The molecule has 4 aromatic heterocycles. The minimum absolute atomic E-state index is 0.0275. The fourth-order valence-corrected chi connectivity index (χ4v) is 4.54. The normalized spacial score (nSPS) is 11.3. The standard InChI is InChI=1S/C19H16F2N8O4S/c1-3-28-7(2)9(5-24-28)8-4-10(16(20)21)25-19-12(8)14(15(34-19)17(22)30)26-18(31)13-11(29(32)33)6-23-27-13/h4-6,16H,3H2,1-2H3,(H2,22,30)(H,23,27)(H,26,31). The van der Waals surface area contributed by atoms with E-state index in [0.29, 0.717) is 17.8 Å². The van der Waals surface area contributed by atoms with E-state index in [2.05, 4.69) is 25.6 Å². The van der Waals surface area contributed by atoms with Crippen LogP contribution in [0, 0.1) is 17.0 Å². The van der Waals surface area contributed by atoms with Crippen LogP contribution in [0.1, 0.15) is 44.9 Å². The second kappa shape index (κ2) is 8.58. The van der Waals surface area contributed by atoms with E-state index < -0.39 is 40.2 Å². The third kappa shape index (κ3) is 3.75. The summed E-state index contributed by atoms with van der Waals surface area (Å²) in [5.74, 6) is -1.92. The van der Waals surface area contributed by atoms with Gasteiger partial charge >= 0.3 is 5.69 Å². The highest BCUT2D eigenvalue weighted by atomic mass is 32.1. The molecule has 0 aliphatic heterocycles. The first-order valence-electron chi connectivity index (χ1n) is 9.71. The van der Waals surface area contributed by atoms with Crippen molar-refractivity contribution in [3.05, 3.63) is 50.5 Å². The lowest BCUT2D eigenvalue weighted by atomic mass is 10.0. The molecule has 15 heteroatoms. The fourth-order valence-electron chi connectivity index (χ4n) is 3.53. The number of primary amides is 1. The van der Waals surface area contributed by atoms with E-state index in [1.165, 1.54) is 6.20 Å². The highest BCUT2D eigenvalue weighted by molar-refractivity contribution is 7.21. The molecule has 0 saturated heterocycles. The Labute approximate surface area is 192 Å². The van der Waals surface area contributed by atoms with E-state index in [9.17, 15) is 28.5 Å². The molecule has 2 amide bonds. The number of H-pyrrole nitrogens is 1. The van der Waals surface area contributed by atoms with Crippen molar-refractivity contribution in [2.75, 3.05) is 5.32 Å². The zero-order valence-corrected chi connectivity index (χ0v) is 18.4. The average molecular weight is 490 g/mol. The van der Waals surface area contributed by atoms with Gasteiger partial charge < -0.3 is 11.1 Å². The Morgan fingerprint density at radius 3 is 2.68 bits per heavy atom. The molecule has 0 atom stereocenters. The van der Waals surface area contributed by atoms with Gasteiger partial charge in [0.15, 0.2) is 0 Å². The maximum Gasteiger partial charge on any atom is 0.319 e. The number of halogens is 2. The molecule has 4 N–H and O–H groups in total. The lowest BCUT2D eigenvalue weighted by Gasteiger charge is -2.10. The summed E-state index contributed by atoms with van der Waals surface area (Å²) in [5, 5.41) is 23.8. The Morgan fingerprint density at radius 2 is 2.09 bits per heavy atom. The van der Waals surface area contributed by atoms with Crippen molar-refractivity contribution in [2.45, 2.75) is 26.8 Å². The van der Waals surface area contributed by atoms with E-state index in [-0.39, 0.29) is 26.3 Å². The Bertz CT molecular complexity index is 1460. The quantitative estimate of drug-likeness (QED) is 0.263. The summed E-state index contributed by atoms with van der Waals surface area (Å²) in [7, 11) is 0. The number of fused-ring (bicyclic) bond motifs is 1. The highest BCUT2D eigenvalue weighted by Gasteiger charge is 2.29. The molecular weight excluding hydrogens is 474 g/mol. The summed E-state index contributed by atoms with van der Waals surface area (Å²) >= 11 is 0.720. The van der Waals surface area contributed by atoms with Gasteiger partial charge in [-0.05, 0) is 25.5 Å². The van der Waals surface area contributed by atoms with Gasteiger partial charge in [0, 0.05) is 23.2 Å². The van der Waals surface area contributed by atoms with Gasteiger partial charge in [0.2, 0.25) is 5.69 Å². The van der Waals surface area contributed by atoms with Crippen molar-refractivity contribution < 1.29 is 23.3 Å². The minimum Gasteiger partial charge on any atom is -0.365 e. The Kier molecular flexibility index (Phi) is 5.78. The summed E-state index contributed by atoms with van der Waals surface area (Å²) < 4.78 is 28.9. The van der Waals surface area contributed by atoms with Crippen LogP contribution in [-0.2, 0) is 6.54 Å². The highest BCUT2D eigenvalue weighted by Crippen LogP contribution is 2.43. The Morgan fingerprint density at radius 1 is 1.35 bits per heavy atom. The van der Waals surface area contributed by atoms with Crippen LogP contribution in [-0.4, -0.2) is 41.7 Å². The van der Waals surface area contributed by atoms with Gasteiger partial charge in [0.1, 0.15) is 21.6 Å². The van der Waals surface area contributed by atoms with E-state index in [1.807, 2.05) is 6.92 Å². The molecule has 4 rings (SSSR count). The molecule has 0 saturated carbocycles. The second-order valence-corrected chi connectivity index (χ2v) is 8.05. The maximum absolute atomic E-state index is 13.6. The Balaban J connectivity index is 1.98. The zero-order chi connectivity index (χ0) is 24.7. The van der Waals surface area contributed by atoms with Crippen LogP contribution in [0.2, 0.25) is 0 Å². The third-order valence-electron chi connectivity index (χ3n) is 5.10. The van der Waals surface area contributed by atoms with Gasteiger partial charge in [-0.1, -0.05) is 0 Å². The van der Waals surface area contributed by atoms with Crippen LogP contribution in [0.5, 0.6) is 0 Å². The molecule has 34 heavy (non-hydrogen) atoms. The van der Waals surface area contributed by atoms with E-state index >= 15 is 0 Å². The number of anilines is 1. The lowest BCUT2D eigenvalue weighted by molar-refractivity contribution is -0.385. The molecule has 0 aliphatic carbocycles. The number of aryl methyl sites for hydroxylation is 1. The van der Waals surface area contributed by atoms with Gasteiger partial charge in [-0.15, -0.1) is 11.3 Å². The summed E-state index contributed by atoms with van der Waals surface area (Å²) in [5.41, 5.74) is 5.18. The monoisotopic (exact) mass is 490 g/mol. The number of nitro groups is 1. The van der Waals surface area contributed by atoms with Crippen molar-refractivity contribution in [1.29, 1.82) is 0 Å². The predicted octanol–water partition coefficient (Wildman–Crippen LogP) is 3.41. The van der Waals surface area contributed by atoms with Crippen molar-refractivity contribution >= 4 is 44.7 Å². The average Bonchev–Trinajstić information content (AvgIpc) is 3.50. The number of carbonyl (C=O) groups excluding carboxylic acids is 2. The van der Waals surface area contributed by atoms with E-state index in [4.69, 9.17) is 5.73 Å². The van der Waals surface area contributed by atoms with Gasteiger partial charge in [0.05, 0.1) is 16.8 Å². The second-order valence-electron chi connectivity index (χ2n) is 7.05. The molecule has 176 valence electrons. The molecule has 0 aliphatic rings. The summed E-state index contributed by atoms with van der Waals surface area (Å²) in [6, 6.07) is 1.16. The molecule has 0 bridgehead atoms. The van der Waals surface area contributed by atoms with Gasteiger partial charge in [-0.3, -0.25) is 29.5 Å². The summed E-state index contributed by atoms with van der Waals surface area (Å²) in [6.07, 6.45) is -0.565. The van der Waals surface area contributed by atoms with Crippen molar-refractivity contribution in [3.63, 3.8) is 0 Å². The van der Waals surface area contributed by atoms with Crippen molar-refractivity contribution in [1.82, 2.24) is 25.0 Å². The van der Waals surface area contributed by atoms with Gasteiger partial charge in [-0.2, -0.15) is 10.2 Å². The number of nitrogens with two attached hydrogens (primary N) is 1. The largest absolute Gasteiger partial charge is 0.365 e. The molecule has 4 heterocycles. The number of hydrogen-bond acceptors (Lipinski definition) is 8. The number of alkyl halides is 2. The molecule has 0 fully saturated rings. The fraction of sp³-hybridized carbons (Fsp3) is 0.211. The number of nitrogens with zero attached hydrogens (tertiary/aromatic N) is 5. The predicted molar refractivity (Wildman–Crippen MR) is 118 cm³/mol. The SMILES string of the molecule is CCn1ncc(-c2cc(C(F)F)nc3sc(C(N)=O)c(NC(=O)c4[nH]ncc4[N+](=O)[O-])c23)c1C. The first-order chi connectivity index (χ1) is 16.1. The summed E-state index contributed by atoms with van der Waals surface area (Å²) in [4.78, 5) is 39.2. The van der Waals surface area contributed by atoms with Gasteiger partial charge in [-0.25, -0.2) is 13.8 Å². The molecule has 0 aromatic carbocycles. The number of nitrogens with one attached hydrogen (secondary N) is 2. The first kappa shape index (κ1) is 22.9. The van der Waals surface area contributed by atoms with Crippen molar-refractivity contribution in [3.8, 4) is 11.1 Å². The number of pyridine rings is 1. The molecule has 4 aromatic rings. The first-order valence-corrected chi connectivity index (χ1v) is 10.5. The van der Waals surface area contributed by atoms with Crippen LogP contribution < -0.4 is 11.1 Å². The number of amides is 2. The topological polar surface area (TPSA) is 175 Å². The number of rotatable bonds is 7. The van der Waals surface area contributed by atoms with Crippen LogP contribution in [0.25, 0.3) is 21.3 Å². The number of aromatic nitrogens is 5.